The summed E-state index contributed by atoms with van der Waals surface area (Å²) in [7, 11) is 0. The molecule has 6 heteroatoms. The summed E-state index contributed by atoms with van der Waals surface area (Å²) >= 11 is 0. The summed E-state index contributed by atoms with van der Waals surface area (Å²) < 4.78 is 5.43. The number of aromatic carboxylic acids is 1. The number of hydrogen-bond acceptors (Lipinski definition) is 4. The van der Waals surface area contributed by atoms with Gasteiger partial charge < -0.3 is 15.6 Å². The van der Waals surface area contributed by atoms with Crippen molar-refractivity contribution in [2.45, 2.75) is 0 Å². The van der Waals surface area contributed by atoms with E-state index in [9.17, 15) is 9.59 Å². The highest BCUT2D eigenvalue weighted by molar-refractivity contribution is 5.91. The highest BCUT2D eigenvalue weighted by atomic mass is 16.5. The van der Waals surface area contributed by atoms with E-state index in [-0.39, 0.29) is 22.8 Å². The average Bonchev–Trinajstić information content (AvgIpc) is 2.39. The largest absolute Gasteiger partial charge is 0.478 e. The summed E-state index contributed by atoms with van der Waals surface area (Å²) in [6.07, 6.45) is 1.36. The molecule has 1 aromatic carbocycles. The Morgan fingerprint density at radius 1 is 1.21 bits per heavy atom. The summed E-state index contributed by atoms with van der Waals surface area (Å²) in [6.45, 7) is 0. The Hall–Kier alpha value is -2.89. The van der Waals surface area contributed by atoms with Crippen molar-refractivity contribution < 1.29 is 19.4 Å². The Bertz CT molecular complexity index is 640. The summed E-state index contributed by atoms with van der Waals surface area (Å²) in [4.78, 5) is 25.8. The molecular weight excluding hydrogens is 248 g/mol. The number of nitrogens with two attached hydrogens (primary N) is 1. The molecule has 1 heterocycles. The van der Waals surface area contributed by atoms with E-state index in [4.69, 9.17) is 15.6 Å². The molecule has 0 atom stereocenters. The molecule has 0 saturated heterocycles. The maximum absolute atomic E-state index is 11.0. The van der Waals surface area contributed by atoms with E-state index in [1.807, 2.05) is 0 Å². The first-order valence-electron chi connectivity index (χ1n) is 5.34. The number of para-hydroxylation sites is 1. The maximum Gasteiger partial charge on any atom is 0.339 e. The van der Waals surface area contributed by atoms with E-state index in [1.54, 1.807) is 12.1 Å². The van der Waals surface area contributed by atoms with Crippen LogP contribution in [0.15, 0.2) is 42.6 Å². The van der Waals surface area contributed by atoms with E-state index in [1.165, 1.54) is 30.5 Å². The second kappa shape index (κ2) is 5.18. The SMILES string of the molecule is NC(=O)c1cc(Oc2ccccc2C(=O)O)ccn1. The lowest BCUT2D eigenvalue weighted by atomic mass is 10.2. The topological polar surface area (TPSA) is 103 Å². The van der Waals surface area contributed by atoms with Gasteiger partial charge in [-0.3, -0.25) is 9.78 Å². The maximum atomic E-state index is 11.0. The van der Waals surface area contributed by atoms with Crippen LogP contribution < -0.4 is 10.5 Å². The molecule has 1 aromatic heterocycles. The normalized spacial score (nSPS) is 9.89. The minimum absolute atomic E-state index is 0.0277. The molecule has 0 aliphatic heterocycles. The number of amides is 1. The van der Waals surface area contributed by atoms with Crippen LogP contribution in [-0.2, 0) is 0 Å². The predicted molar refractivity (Wildman–Crippen MR) is 66.2 cm³/mol. The van der Waals surface area contributed by atoms with E-state index < -0.39 is 11.9 Å². The summed E-state index contributed by atoms with van der Waals surface area (Å²) in [5.41, 5.74) is 5.18. The molecule has 19 heavy (non-hydrogen) atoms. The monoisotopic (exact) mass is 258 g/mol. The standard InChI is InChI=1S/C13H10N2O4/c14-12(16)10-7-8(5-6-15-10)19-11-4-2-1-3-9(11)13(17)18/h1-7H,(H2,14,16)(H,17,18). The molecular formula is C13H10N2O4. The molecule has 2 aromatic rings. The molecule has 96 valence electrons. The molecule has 1 amide bonds. The zero-order chi connectivity index (χ0) is 13.8. The van der Waals surface area contributed by atoms with Gasteiger partial charge in [-0.1, -0.05) is 12.1 Å². The molecule has 2 rings (SSSR count). The van der Waals surface area contributed by atoms with E-state index in [2.05, 4.69) is 4.98 Å². The molecule has 0 unspecified atom stereocenters. The van der Waals surface area contributed by atoms with Crippen molar-refractivity contribution in [3.8, 4) is 11.5 Å². The molecule has 3 N–H and O–H groups in total. The van der Waals surface area contributed by atoms with Crippen molar-refractivity contribution in [3.63, 3.8) is 0 Å². The van der Waals surface area contributed by atoms with Gasteiger partial charge in [-0.25, -0.2) is 4.79 Å². The summed E-state index contributed by atoms with van der Waals surface area (Å²) in [6, 6.07) is 9.05. The van der Waals surface area contributed by atoms with Crippen LogP contribution in [0.3, 0.4) is 0 Å². The Balaban J connectivity index is 2.34. The van der Waals surface area contributed by atoms with Gasteiger partial charge in [0.1, 0.15) is 22.8 Å². The number of pyridine rings is 1. The number of carbonyl (C=O) groups is 2. The van der Waals surface area contributed by atoms with Crippen LogP contribution in [0, 0.1) is 0 Å². The molecule has 6 nitrogen and oxygen atoms in total. The van der Waals surface area contributed by atoms with E-state index in [0.29, 0.717) is 0 Å². The van der Waals surface area contributed by atoms with Gasteiger partial charge in [0.05, 0.1) is 0 Å². The van der Waals surface area contributed by atoms with Gasteiger partial charge in [-0.05, 0) is 18.2 Å². The third-order valence-electron chi connectivity index (χ3n) is 2.33. The number of ether oxygens (including phenoxy) is 1. The van der Waals surface area contributed by atoms with Crippen molar-refractivity contribution >= 4 is 11.9 Å². The van der Waals surface area contributed by atoms with Crippen molar-refractivity contribution in [1.29, 1.82) is 0 Å². The van der Waals surface area contributed by atoms with Crippen molar-refractivity contribution in [1.82, 2.24) is 4.98 Å². The molecule has 0 bridgehead atoms. The molecule has 0 aliphatic carbocycles. The van der Waals surface area contributed by atoms with Crippen molar-refractivity contribution in [2.75, 3.05) is 0 Å². The number of rotatable bonds is 4. The van der Waals surface area contributed by atoms with E-state index >= 15 is 0 Å². The van der Waals surface area contributed by atoms with Crippen LogP contribution in [0.1, 0.15) is 20.8 Å². The number of aromatic nitrogens is 1. The fraction of sp³-hybridized carbons (Fsp3) is 0. The second-order valence-electron chi connectivity index (χ2n) is 3.64. The fourth-order valence-corrected chi connectivity index (χ4v) is 1.47. The first-order valence-corrected chi connectivity index (χ1v) is 5.34. The van der Waals surface area contributed by atoms with Gasteiger partial charge >= 0.3 is 5.97 Å². The molecule has 0 fully saturated rings. The predicted octanol–water partition coefficient (Wildman–Crippen LogP) is 1.67. The zero-order valence-corrected chi connectivity index (χ0v) is 9.74. The molecule has 0 saturated carbocycles. The Labute approximate surface area is 108 Å². The van der Waals surface area contributed by atoms with Gasteiger partial charge in [-0.2, -0.15) is 0 Å². The van der Waals surface area contributed by atoms with Crippen LogP contribution in [0.4, 0.5) is 0 Å². The summed E-state index contributed by atoms with van der Waals surface area (Å²) in [5, 5.41) is 9.02. The van der Waals surface area contributed by atoms with Crippen molar-refractivity contribution in [2.24, 2.45) is 5.73 Å². The average molecular weight is 258 g/mol. The highest BCUT2D eigenvalue weighted by Crippen LogP contribution is 2.25. The third-order valence-corrected chi connectivity index (χ3v) is 2.33. The lowest BCUT2D eigenvalue weighted by Crippen LogP contribution is -2.12. The summed E-state index contributed by atoms with van der Waals surface area (Å²) in [5.74, 6) is -1.31. The first-order chi connectivity index (χ1) is 9.08. The number of carboxylic acid groups (broad SMARTS) is 1. The van der Waals surface area contributed by atoms with Gasteiger partial charge in [0.15, 0.2) is 0 Å². The lowest BCUT2D eigenvalue weighted by Gasteiger charge is -2.08. The van der Waals surface area contributed by atoms with Gasteiger partial charge in [0.25, 0.3) is 5.91 Å². The van der Waals surface area contributed by atoms with Crippen LogP contribution in [0.25, 0.3) is 0 Å². The Morgan fingerprint density at radius 3 is 2.63 bits per heavy atom. The molecule has 0 aliphatic rings. The second-order valence-corrected chi connectivity index (χ2v) is 3.64. The minimum atomic E-state index is -1.10. The zero-order valence-electron chi connectivity index (χ0n) is 9.74. The van der Waals surface area contributed by atoms with E-state index in [0.717, 1.165) is 0 Å². The Morgan fingerprint density at radius 2 is 1.95 bits per heavy atom. The number of benzene rings is 1. The van der Waals surface area contributed by atoms with Gasteiger partial charge in [0, 0.05) is 12.3 Å². The smallest absolute Gasteiger partial charge is 0.339 e. The minimum Gasteiger partial charge on any atom is -0.478 e. The van der Waals surface area contributed by atoms with Gasteiger partial charge in [-0.15, -0.1) is 0 Å². The van der Waals surface area contributed by atoms with Gasteiger partial charge in [0.2, 0.25) is 0 Å². The fourth-order valence-electron chi connectivity index (χ4n) is 1.47. The molecule has 0 spiro atoms. The van der Waals surface area contributed by atoms with Crippen LogP contribution in [-0.4, -0.2) is 22.0 Å². The Kier molecular flexibility index (Phi) is 3.42. The number of carboxylic acids is 1. The van der Waals surface area contributed by atoms with Crippen LogP contribution in [0.2, 0.25) is 0 Å². The number of primary amides is 1. The molecule has 0 radical (unpaired) electrons. The number of hydrogen-bond donors (Lipinski definition) is 2. The number of nitrogens with zero attached hydrogens (tertiary/aromatic N) is 1. The third kappa shape index (κ3) is 2.86. The highest BCUT2D eigenvalue weighted by Gasteiger charge is 2.11. The lowest BCUT2D eigenvalue weighted by molar-refractivity contribution is 0.0694. The quantitative estimate of drug-likeness (QED) is 0.868. The first kappa shape index (κ1) is 12.6. The van der Waals surface area contributed by atoms with Crippen LogP contribution in [0.5, 0.6) is 11.5 Å². The number of carbonyl (C=O) groups excluding carboxylic acids is 1. The van der Waals surface area contributed by atoms with Crippen molar-refractivity contribution in [3.05, 3.63) is 53.9 Å². The van der Waals surface area contributed by atoms with Crippen LogP contribution >= 0.6 is 0 Å².